The molecule has 9 heteroatoms. The number of sulfonamides is 1. The normalized spacial score (nSPS) is 13.7. The fourth-order valence-corrected chi connectivity index (χ4v) is 3.89. The highest BCUT2D eigenvalue weighted by molar-refractivity contribution is 7.89. The lowest BCUT2D eigenvalue weighted by molar-refractivity contribution is -0.148. The maximum Gasteiger partial charge on any atom is 0.307 e. The van der Waals surface area contributed by atoms with Gasteiger partial charge in [-0.15, -0.1) is 0 Å². The fourth-order valence-electron chi connectivity index (χ4n) is 2.81. The van der Waals surface area contributed by atoms with Crippen molar-refractivity contribution in [2.75, 3.05) is 33.4 Å². The summed E-state index contributed by atoms with van der Waals surface area (Å²) in [6, 6.07) is 5.16. The van der Waals surface area contributed by atoms with E-state index in [2.05, 4.69) is 10.0 Å². The van der Waals surface area contributed by atoms with Crippen molar-refractivity contribution in [3.05, 3.63) is 29.3 Å². The fraction of sp³-hybridized carbons (Fsp3) is 0.556. The minimum atomic E-state index is -3.69. The molecule has 0 bridgehead atoms. The number of carbonyl (C=O) groups is 2. The molecular formula is C18H26N2O6S. The van der Waals surface area contributed by atoms with Gasteiger partial charge in [-0.1, -0.05) is 6.07 Å². The summed E-state index contributed by atoms with van der Waals surface area (Å²) >= 11 is 0. The second-order valence-corrected chi connectivity index (χ2v) is 8.06. The molecule has 1 aliphatic rings. The number of amides is 1. The minimum Gasteiger partial charge on any atom is -0.456 e. The van der Waals surface area contributed by atoms with E-state index >= 15 is 0 Å². The van der Waals surface area contributed by atoms with Gasteiger partial charge in [-0.2, -0.15) is 0 Å². The molecule has 1 aromatic rings. The summed E-state index contributed by atoms with van der Waals surface area (Å²) in [5, 5.41) is 2.51. The van der Waals surface area contributed by atoms with Crippen molar-refractivity contribution in [1.29, 1.82) is 0 Å². The number of carbonyl (C=O) groups excluding carboxylic acids is 2. The monoisotopic (exact) mass is 398 g/mol. The molecule has 0 radical (unpaired) electrons. The first kappa shape index (κ1) is 21.3. The highest BCUT2D eigenvalue weighted by atomic mass is 32.2. The molecule has 0 heterocycles. The lowest BCUT2D eigenvalue weighted by Gasteiger charge is -2.16. The first-order valence-corrected chi connectivity index (χ1v) is 10.4. The van der Waals surface area contributed by atoms with E-state index in [-0.39, 0.29) is 17.9 Å². The summed E-state index contributed by atoms with van der Waals surface area (Å²) in [4.78, 5) is 23.2. The lowest BCUT2D eigenvalue weighted by Crippen LogP contribution is -2.32. The topological polar surface area (TPSA) is 111 Å². The maximum absolute atomic E-state index is 12.4. The Morgan fingerprint density at radius 2 is 1.85 bits per heavy atom. The molecule has 2 N–H and O–H groups in total. The van der Waals surface area contributed by atoms with Gasteiger partial charge in [0.1, 0.15) is 0 Å². The molecule has 0 atom stereocenters. The minimum absolute atomic E-state index is 0.0937. The summed E-state index contributed by atoms with van der Waals surface area (Å²) < 4.78 is 36.7. The van der Waals surface area contributed by atoms with E-state index in [9.17, 15) is 18.0 Å². The molecule has 27 heavy (non-hydrogen) atoms. The Balaban J connectivity index is 1.75. The van der Waals surface area contributed by atoms with Crippen molar-refractivity contribution >= 4 is 21.9 Å². The number of methoxy groups -OCH3 is 1. The summed E-state index contributed by atoms with van der Waals surface area (Å²) in [5.74, 6) is -1.08. The molecule has 0 saturated carbocycles. The Kier molecular flexibility index (Phi) is 8.21. The largest absolute Gasteiger partial charge is 0.456 e. The van der Waals surface area contributed by atoms with E-state index in [0.29, 0.717) is 13.2 Å². The van der Waals surface area contributed by atoms with E-state index in [1.54, 1.807) is 12.1 Å². The van der Waals surface area contributed by atoms with Gasteiger partial charge in [0.05, 0.1) is 17.9 Å². The number of aryl methyl sites for hydroxylation is 2. The number of benzene rings is 1. The third-order valence-corrected chi connectivity index (χ3v) is 5.70. The van der Waals surface area contributed by atoms with Crippen molar-refractivity contribution in [3.8, 4) is 0 Å². The average molecular weight is 398 g/mol. The number of hydrogen-bond acceptors (Lipinski definition) is 6. The van der Waals surface area contributed by atoms with Crippen LogP contribution in [0.3, 0.4) is 0 Å². The molecule has 0 aliphatic heterocycles. The van der Waals surface area contributed by atoms with Crippen LogP contribution in [-0.2, 0) is 41.9 Å². The standard InChI is InChI=1S/C18H26N2O6S/c1-25-11-10-19-17(21)13-26-18(22)8-9-20-27(23,24)16-7-6-14-4-2-3-5-15(14)12-16/h6-7,12,20H,2-5,8-11,13H2,1H3,(H,19,21). The van der Waals surface area contributed by atoms with Crippen molar-refractivity contribution < 1.29 is 27.5 Å². The van der Waals surface area contributed by atoms with Crippen LogP contribution in [0, 0.1) is 0 Å². The van der Waals surface area contributed by atoms with Gasteiger partial charge in [0.25, 0.3) is 5.91 Å². The average Bonchev–Trinajstić information content (AvgIpc) is 2.66. The van der Waals surface area contributed by atoms with E-state index in [4.69, 9.17) is 9.47 Å². The summed E-state index contributed by atoms with van der Waals surface area (Å²) in [6.07, 6.45) is 3.90. The molecule has 8 nitrogen and oxygen atoms in total. The van der Waals surface area contributed by atoms with Crippen molar-refractivity contribution in [2.45, 2.75) is 37.0 Å². The van der Waals surface area contributed by atoms with E-state index in [1.807, 2.05) is 6.07 Å². The molecule has 1 aromatic carbocycles. The molecule has 2 rings (SSSR count). The predicted molar refractivity (Wildman–Crippen MR) is 98.7 cm³/mol. The summed E-state index contributed by atoms with van der Waals surface area (Å²) in [5.41, 5.74) is 2.27. The Morgan fingerprint density at radius 1 is 1.11 bits per heavy atom. The van der Waals surface area contributed by atoms with Crippen LogP contribution < -0.4 is 10.0 Å². The number of nitrogens with one attached hydrogen (secondary N) is 2. The molecule has 150 valence electrons. The van der Waals surface area contributed by atoms with Crippen molar-refractivity contribution in [3.63, 3.8) is 0 Å². The smallest absolute Gasteiger partial charge is 0.307 e. The Hall–Kier alpha value is -1.97. The zero-order chi connectivity index (χ0) is 19.7. The van der Waals surface area contributed by atoms with Crippen LogP contribution in [0.5, 0.6) is 0 Å². The third kappa shape index (κ3) is 6.93. The summed E-state index contributed by atoms with van der Waals surface area (Å²) in [7, 11) is -2.18. The van der Waals surface area contributed by atoms with Crippen LogP contribution in [0.2, 0.25) is 0 Å². The highest BCUT2D eigenvalue weighted by Crippen LogP contribution is 2.23. The number of fused-ring (bicyclic) bond motifs is 1. The van der Waals surface area contributed by atoms with E-state index in [1.165, 1.54) is 12.7 Å². The first-order chi connectivity index (χ1) is 12.9. The predicted octanol–water partition coefficient (Wildman–Crippen LogP) is 0.540. The van der Waals surface area contributed by atoms with Crippen LogP contribution >= 0.6 is 0 Å². The van der Waals surface area contributed by atoms with Crippen LogP contribution in [0.1, 0.15) is 30.4 Å². The zero-order valence-corrected chi connectivity index (χ0v) is 16.3. The van der Waals surface area contributed by atoms with Gasteiger partial charge in [-0.3, -0.25) is 9.59 Å². The molecule has 0 unspecified atom stereocenters. The van der Waals surface area contributed by atoms with Gasteiger partial charge in [0.15, 0.2) is 6.61 Å². The molecule has 1 aliphatic carbocycles. The Morgan fingerprint density at radius 3 is 2.59 bits per heavy atom. The second kappa shape index (κ2) is 10.4. The lowest BCUT2D eigenvalue weighted by atomic mass is 9.92. The molecule has 0 spiro atoms. The Labute approximate surface area is 159 Å². The highest BCUT2D eigenvalue weighted by Gasteiger charge is 2.18. The van der Waals surface area contributed by atoms with Crippen LogP contribution in [0.25, 0.3) is 0 Å². The van der Waals surface area contributed by atoms with E-state index in [0.717, 1.165) is 31.2 Å². The van der Waals surface area contributed by atoms with Gasteiger partial charge >= 0.3 is 5.97 Å². The number of rotatable bonds is 10. The maximum atomic E-state index is 12.4. The van der Waals surface area contributed by atoms with Gasteiger partial charge in [-0.05, 0) is 48.9 Å². The number of esters is 1. The number of hydrogen-bond donors (Lipinski definition) is 2. The molecular weight excluding hydrogens is 372 g/mol. The third-order valence-electron chi connectivity index (χ3n) is 4.24. The summed E-state index contributed by atoms with van der Waals surface area (Å²) in [6.45, 7) is 0.196. The second-order valence-electron chi connectivity index (χ2n) is 6.29. The van der Waals surface area contributed by atoms with Crippen LogP contribution in [-0.4, -0.2) is 53.7 Å². The van der Waals surface area contributed by atoms with Gasteiger partial charge < -0.3 is 14.8 Å². The van der Waals surface area contributed by atoms with Crippen molar-refractivity contribution in [2.24, 2.45) is 0 Å². The van der Waals surface area contributed by atoms with Gasteiger partial charge in [0.2, 0.25) is 10.0 Å². The van der Waals surface area contributed by atoms with Gasteiger partial charge in [-0.25, -0.2) is 13.1 Å². The SMILES string of the molecule is COCCNC(=O)COC(=O)CCNS(=O)(=O)c1ccc2c(c1)CCCC2. The number of ether oxygens (including phenoxy) is 2. The molecule has 0 saturated heterocycles. The molecule has 1 amide bonds. The van der Waals surface area contributed by atoms with Crippen LogP contribution in [0.4, 0.5) is 0 Å². The van der Waals surface area contributed by atoms with Crippen LogP contribution in [0.15, 0.2) is 23.1 Å². The first-order valence-electron chi connectivity index (χ1n) is 8.95. The zero-order valence-electron chi connectivity index (χ0n) is 15.5. The Bertz CT molecular complexity index is 763. The molecule has 0 fully saturated rings. The van der Waals surface area contributed by atoms with Gasteiger partial charge in [0, 0.05) is 20.2 Å². The molecule has 0 aromatic heterocycles. The van der Waals surface area contributed by atoms with Crippen molar-refractivity contribution in [1.82, 2.24) is 10.0 Å². The quantitative estimate of drug-likeness (QED) is 0.440. The van der Waals surface area contributed by atoms with E-state index < -0.39 is 28.5 Å².